The van der Waals surface area contributed by atoms with E-state index in [1.54, 1.807) is 14.0 Å². The number of ether oxygens (including phenoxy) is 1. The van der Waals surface area contributed by atoms with Crippen molar-refractivity contribution in [3.8, 4) is 5.75 Å². The fourth-order valence-corrected chi connectivity index (χ4v) is 1.85. The van der Waals surface area contributed by atoms with Crippen molar-refractivity contribution in [3.05, 3.63) is 29.3 Å². The molecule has 4 nitrogen and oxygen atoms in total. The number of carbonyl (C=O) groups is 1. The van der Waals surface area contributed by atoms with Crippen molar-refractivity contribution in [1.82, 2.24) is 0 Å². The van der Waals surface area contributed by atoms with Gasteiger partial charge >= 0.3 is 5.97 Å². The van der Waals surface area contributed by atoms with Gasteiger partial charge in [0.2, 0.25) is 0 Å². The van der Waals surface area contributed by atoms with Crippen LogP contribution in [0.1, 0.15) is 43.9 Å². The summed E-state index contributed by atoms with van der Waals surface area (Å²) in [4.78, 5) is 11.0. The highest BCUT2D eigenvalue weighted by atomic mass is 16.5. The number of aliphatic carboxylic acids is 1. The van der Waals surface area contributed by atoms with E-state index in [-0.39, 0.29) is 0 Å². The van der Waals surface area contributed by atoms with Gasteiger partial charge in [0, 0.05) is 6.04 Å². The van der Waals surface area contributed by atoms with Crippen molar-refractivity contribution in [2.75, 3.05) is 7.11 Å². The van der Waals surface area contributed by atoms with E-state index in [1.165, 1.54) is 0 Å². The van der Waals surface area contributed by atoms with Crippen LogP contribution in [0.3, 0.4) is 0 Å². The summed E-state index contributed by atoms with van der Waals surface area (Å²) in [5.41, 5.74) is 7.85. The summed E-state index contributed by atoms with van der Waals surface area (Å²) in [7, 11) is 1.63. The summed E-state index contributed by atoms with van der Waals surface area (Å²) in [5.74, 6) is -0.390. The lowest BCUT2D eigenvalue weighted by Crippen LogP contribution is -2.25. The van der Waals surface area contributed by atoms with E-state index in [9.17, 15) is 4.79 Å². The lowest BCUT2D eigenvalue weighted by molar-refractivity contribution is -0.141. The molecule has 0 aliphatic heterocycles. The molecule has 0 bridgehead atoms. The quantitative estimate of drug-likeness (QED) is 0.843. The summed E-state index contributed by atoms with van der Waals surface area (Å²) in [6.07, 6.45) is 0. The Hall–Kier alpha value is -1.55. The molecule has 0 aliphatic carbocycles. The Morgan fingerprint density at radius 1 is 1.33 bits per heavy atom. The second-order valence-corrected chi connectivity index (χ2v) is 4.81. The Bertz CT molecular complexity index is 429. The van der Waals surface area contributed by atoms with Gasteiger partial charge in [-0.3, -0.25) is 4.79 Å². The van der Waals surface area contributed by atoms with E-state index in [1.807, 2.05) is 18.2 Å². The number of nitrogens with two attached hydrogens (primary N) is 1. The third-order valence-corrected chi connectivity index (χ3v) is 3.19. The first-order valence-corrected chi connectivity index (χ1v) is 6.04. The smallest absolute Gasteiger partial charge is 0.308 e. The zero-order valence-corrected chi connectivity index (χ0v) is 11.3. The number of benzene rings is 1. The summed E-state index contributed by atoms with van der Waals surface area (Å²) in [6.45, 7) is 5.74. The summed E-state index contributed by atoms with van der Waals surface area (Å²) < 4.78 is 5.29. The minimum Gasteiger partial charge on any atom is -0.496 e. The monoisotopic (exact) mass is 251 g/mol. The highest BCUT2D eigenvalue weighted by Gasteiger charge is 2.22. The van der Waals surface area contributed by atoms with Gasteiger partial charge in [-0.15, -0.1) is 0 Å². The highest BCUT2D eigenvalue weighted by Crippen LogP contribution is 2.30. The fourth-order valence-electron chi connectivity index (χ4n) is 1.85. The SMILES string of the molecule is COc1ccc(C(N)C(C)C(=O)O)cc1C(C)C. The van der Waals surface area contributed by atoms with Crippen molar-refractivity contribution >= 4 is 5.97 Å². The van der Waals surface area contributed by atoms with Crippen LogP contribution in [0, 0.1) is 5.92 Å². The third-order valence-electron chi connectivity index (χ3n) is 3.19. The van der Waals surface area contributed by atoms with Crippen LogP contribution >= 0.6 is 0 Å². The molecule has 1 rings (SSSR count). The zero-order chi connectivity index (χ0) is 13.9. The summed E-state index contributed by atoms with van der Waals surface area (Å²) >= 11 is 0. The van der Waals surface area contributed by atoms with E-state index in [0.717, 1.165) is 16.9 Å². The van der Waals surface area contributed by atoms with Gasteiger partial charge in [-0.2, -0.15) is 0 Å². The Morgan fingerprint density at radius 3 is 2.39 bits per heavy atom. The number of methoxy groups -OCH3 is 1. The maximum absolute atomic E-state index is 11.0. The number of rotatable bonds is 5. The van der Waals surface area contributed by atoms with Gasteiger partial charge in [0.1, 0.15) is 5.75 Å². The molecule has 18 heavy (non-hydrogen) atoms. The molecular formula is C14H21NO3. The van der Waals surface area contributed by atoms with Gasteiger partial charge in [-0.25, -0.2) is 0 Å². The predicted molar refractivity (Wildman–Crippen MR) is 70.8 cm³/mol. The fraction of sp³-hybridized carbons (Fsp3) is 0.500. The zero-order valence-electron chi connectivity index (χ0n) is 11.3. The second kappa shape index (κ2) is 5.87. The molecule has 4 heteroatoms. The van der Waals surface area contributed by atoms with Crippen LogP contribution < -0.4 is 10.5 Å². The second-order valence-electron chi connectivity index (χ2n) is 4.81. The van der Waals surface area contributed by atoms with Crippen LogP contribution in [0.25, 0.3) is 0 Å². The van der Waals surface area contributed by atoms with Crippen molar-refractivity contribution in [2.24, 2.45) is 11.7 Å². The predicted octanol–water partition coefficient (Wildman–Crippen LogP) is 2.54. The molecule has 0 saturated carbocycles. The molecule has 2 unspecified atom stereocenters. The maximum Gasteiger partial charge on any atom is 0.308 e. The van der Waals surface area contributed by atoms with E-state index in [0.29, 0.717) is 5.92 Å². The lowest BCUT2D eigenvalue weighted by Gasteiger charge is -2.19. The van der Waals surface area contributed by atoms with Gasteiger partial charge in [-0.05, 0) is 23.1 Å². The van der Waals surface area contributed by atoms with Gasteiger partial charge in [-0.1, -0.05) is 32.9 Å². The molecule has 1 aromatic carbocycles. The Balaban J connectivity index is 3.11. The Kier molecular flexibility index (Phi) is 4.73. The molecule has 0 aliphatic rings. The van der Waals surface area contributed by atoms with Crippen molar-refractivity contribution in [3.63, 3.8) is 0 Å². The molecule has 0 saturated heterocycles. The molecule has 0 amide bonds. The van der Waals surface area contributed by atoms with Crippen LogP contribution in [0.15, 0.2) is 18.2 Å². The third kappa shape index (κ3) is 3.01. The molecule has 0 aromatic heterocycles. The average Bonchev–Trinajstić information content (AvgIpc) is 2.35. The molecule has 3 N–H and O–H groups in total. The molecule has 0 radical (unpaired) electrons. The van der Waals surface area contributed by atoms with E-state index >= 15 is 0 Å². The topological polar surface area (TPSA) is 72.5 Å². The van der Waals surface area contributed by atoms with Gasteiger partial charge in [0.05, 0.1) is 13.0 Å². The van der Waals surface area contributed by atoms with Crippen LogP contribution in [0.4, 0.5) is 0 Å². The van der Waals surface area contributed by atoms with Gasteiger partial charge < -0.3 is 15.6 Å². The first-order valence-electron chi connectivity index (χ1n) is 6.04. The molecule has 0 fully saturated rings. The van der Waals surface area contributed by atoms with Gasteiger partial charge in [0.25, 0.3) is 0 Å². The maximum atomic E-state index is 11.0. The average molecular weight is 251 g/mol. The first-order chi connectivity index (χ1) is 8.38. The molecule has 0 spiro atoms. The van der Waals surface area contributed by atoms with Crippen LogP contribution in [0.5, 0.6) is 5.75 Å². The summed E-state index contributed by atoms with van der Waals surface area (Å²) in [6, 6.07) is 5.10. The Morgan fingerprint density at radius 2 is 1.94 bits per heavy atom. The largest absolute Gasteiger partial charge is 0.496 e. The van der Waals surface area contributed by atoms with E-state index in [2.05, 4.69) is 13.8 Å². The minimum atomic E-state index is -0.885. The summed E-state index contributed by atoms with van der Waals surface area (Å²) in [5, 5.41) is 8.99. The molecule has 2 atom stereocenters. The number of carboxylic acids is 1. The lowest BCUT2D eigenvalue weighted by atomic mass is 9.91. The first kappa shape index (κ1) is 14.5. The number of carboxylic acid groups (broad SMARTS) is 1. The highest BCUT2D eigenvalue weighted by molar-refractivity contribution is 5.70. The Labute approximate surface area is 108 Å². The van der Waals surface area contributed by atoms with Crippen LogP contribution in [-0.2, 0) is 4.79 Å². The standard InChI is InChI=1S/C14H21NO3/c1-8(2)11-7-10(5-6-12(11)18-4)13(15)9(3)14(16)17/h5-9,13H,15H2,1-4H3,(H,16,17). The molecule has 1 aromatic rings. The van der Waals surface area contributed by atoms with Crippen LogP contribution in [-0.4, -0.2) is 18.2 Å². The van der Waals surface area contributed by atoms with Crippen molar-refractivity contribution in [1.29, 1.82) is 0 Å². The van der Waals surface area contributed by atoms with Crippen molar-refractivity contribution in [2.45, 2.75) is 32.7 Å². The molecule has 100 valence electrons. The van der Waals surface area contributed by atoms with E-state index < -0.39 is 17.9 Å². The van der Waals surface area contributed by atoms with Gasteiger partial charge in [0.15, 0.2) is 0 Å². The van der Waals surface area contributed by atoms with Crippen LogP contribution in [0.2, 0.25) is 0 Å². The van der Waals surface area contributed by atoms with E-state index in [4.69, 9.17) is 15.6 Å². The number of hydrogen-bond donors (Lipinski definition) is 2. The normalized spacial score (nSPS) is 14.3. The minimum absolute atomic E-state index is 0.298. The molecular weight excluding hydrogens is 230 g/mol. The van der Waals surface area contributed by atoms with Crippen molar-refractivity contribution < 1.29 is 14.6 Å². The molecule has 0 heterocycles. The number of hydrogen-bond acceptors (Lipinski definition) is 3.